The molecule has 0 amide bonds. The number of hydrogen-bond donors (Lipinski definition) is 1. The Morgan fingerprint density at radius 3 is 3.18 bits per heavy atom. The van der Waals surface area contributed by atoms with Crippen LogP contribution in [0, 0.1) is 0 Å². The van der Waals surface area contributed by atoms with Crippen molar-refractivity contribution in [2.45, 2.75) is 18.0 Å². The summed E-state index contributed by atoms with van der Waals surface area (Å²) in [5, 5.41) is 5.41. The summed E-state index contributed by atoms with van der Waals surface area (Å²) in [5.41, 5.74) is 3.47. The van der Waals surface area contributed by atoms with E-state index in [1.165, 1.54) is 28.5 Å². The van der Waals surface area contributed by atoms with Gasteiger partial charge in [0.2, 0.25) is 0 Å². The second-order valence-corrected chi connectivity index (χ2v) is 6.06. The highest BCUT2D eigenvalue weighted by atomic mass is 32.2. The minimum absolute atomic E-state index is 0.807. The first-order chi connectivity index (χ1) is 10.8. The van der Waals surface area contributed by atoms with E-state index < -0.39 is 0 Å². The van der Waals surface area contributed by atoms with E-state index in [1.807, 2.05) is 13.1 Å². The van der Waals surface area contributed by atoms with Crippen molar-refractivity contribution in [3.05, 3.63) is 48.0 Å². The van der Waals surface area contributed by atoms with E-state index in [0.717, 1.165) is 36.0 Å². The van der Waals surface area contributed by atoms with Crippen molar-refractivity contribution in [1.29, 1.82) is 0 Å². The van der Waals surface area contributed by atoms with Gasteiger partial charge in [0, 0.05) is 36.3 Å². The Bertz CT molecular complexity index is 830. The first-order valence-corrected chi connectivity index (χ1v) is 7.98. The molecule has 3 heterocycles. The molecular weight excluding hydrogens is 296 g/mol. The Balaban J connectivity index is 1.56. The predicted molar refractivity (Wildman–Crippen MR) is 86.8 cm³/mol. The van der Waals surface area contributed by atoms with E-state index in [2.05, 4.69) is 44.2 Å². The number of hydrogen-bond acceptors (Lipinski definition) is 5. The lowest BCUT2D eigenvalue weighted by atomic mass is 10.1. The van der Waals surface area contributed by atoms with Gasteiger partial charge in [-0.3, -0.25) is 0 Å². The van der Waals surface area contributed by atoms with Gasteiger partial charge in [-0.05, 0) is 37.2 Å². The average molecular weight is 312 g/mol. The van der Waals surface area contributed by atoms with Crippen LogP contribution in [0.3, 0.4) is 0 Å². The standard InChI is InChI=1S/C16H16N4OS/c1-20-7-5-11-8-12(2-3-15(11)20)21-22-16-13-4-6-17-9-14(13)18-10-19-16/h2-3,5,7-8,10,17H,4,6,9H2,1H3. The summed E-state index contributed by atoms with van der Waals surface area (Å²) >= 11 is 1.32. The van der Waals surface area contributed by atoms with Gasteiger partial charge in [0.15, 0.2) is 0 Å². The molecule has 4 rings (SSSR count). The van der Waals surface area contributed by atoms with Gasteiger partial charge in [0.25, 0.3) is 0 Å². The lowest BCUT2D eigenvalue weighted by molar-refractivity contribution is 0.601. The number of nitrogens with zero attached hydrogens (tertiary/aromatic N) is 3. The zero-order valence-corrected chi connectivity index (χ0v) is 13.1. The van der Waals surface area contributed by atoms with Gasteiger partial charge in [-0.15, -0.1) is 0 Å². The van der Waals surface area contributed by atoms with Crippen LogP contribution in [-0.4, -0.2) is 21.1 Å². The molecule has 1 aliphatic rings. The average Bonchev–Trinajstić information content (AvgIpc) is 2.93. The molecular formula is C16H16N4OS. The van der Waals surface area contributed by atoms with Crippen LogP contribution in [-0.2, 0) is 20.0 Å². The first-order valence-electron chi connectivity index (χ1n) is 7.24. The van der Waals surface area contributed by atoms with E-state index in [9.17, 15) is 0 Å². The summed E-state index contributed by atoms with van der Waals surface area (Å²) in [6, 6.07) is 8.21. The molecule has 0 spiro atoms. The fourth-order valence-corrected chi connectivity index (χ4v) is 3.41. The topological polar surface area (TPSA) is 52.0 Å². The van der Waals surface area contributed by atoms with E-state index in [-0.39, 0.29) is 0 Å². The second kappa shape index (κ2) is 5.62. The number of fused-ring (bicyclic) bond motifs is 2. The highest BCUT2D eigenvalue weighted by molar-refractivity contribution is 7.95. The molecule has 3 aromatic rings. The van der Waals surface area contributed by atoms with Crippen molar-refractivity contribution in [2.24, 2.45) is 7.05 Å². The summed E-state index contributed by atoms with van der Waals surface area (Å²) in [5.74, 6) is 0.838. The molecule has 0 atom stereocenters. The van der Waals surface area contributed by atoms with Crippen LogP contribution in [0.4, 0.5) is 0 Å². The molecule has 1 aromatic carbocycles. The summed E-state index contributed by atoms with van der Waals surface area (Å²) in [7, 11) is 2.04. The van der Waals surface area contributed by atoms with Gasteiger partial charge >= 0.3 is 0 Å². The van der Waals surface area contributed by atoms with Gasteiger partial charge in [0.05, 0.1) is 5.69 Å². The van der Waals surface area contributed by atoms with Crippen LogP contribution >= 0.6 is 12.0 Å². The van der Waals surface area contributed by atoms with E-state index >= 15 is 0 Å². The molecule has 0 fully saturated rings. The molecule has 0 aliphatic carbocycles. The third kappa shape index (κ3) is 2.44. The van der Waals surface area contributed by atoms with E-state index in [1.54, 1.807) is 6.33 Å². The van der Waals surface area contributed by atoms with Gasteiger partial charge in [0.1, 0.15) is 29.1 Å². The van der Waals surface area contributed by atoms with Crippen molar-refractivity contribution in [3.8, 4) is 5.75 Å². The number of benzene rings is 1. The third-order valence-corrected chi connectivity index (χ3v) is 4.70. The van der Waals surface area contributed by atoms with Crippen LogP contribution in [0.15, 0.2) is 41.8 Å². The molecule has 112 valence electrons. The number of nitrogens with one attached hydrogen (secondary N) is 1. The van der Waals surface area contributed by atoms with Crippen LogP contribution in [0.25, 0.3) is 10.9 Å². The Morgan fingerprint density at radius 2 is 2.23 bits per heavy atom. The maximum absolute atomic E-state index is 5.87. The van der Waals surface area contributed by atoms with Crippen LogP contribution < -0.4 is 9.50 Å². The SMILES string of the molecule is Cn1ccc2cc(OSc3ncnc4c3CCNC4)ccc21. The van der Waals surface area contributed by atoms with Gasteiger partial charge in [-0.1, -0.05) is 0 Å². The quantitative estimate of drug-likeness (QED) is 0.595. The Morgan fingerprint density at radius 1 is 1.27 bits per heavy atom. The summed E-state index contributed by atoms with van der Waals surface area (Å²) in [6.45, 7) is 1.77. The highest BCUT2D eigenvalue weighted by Gasteiger charge is 2.16. The first kappa shape index (κ1) is 13.6. The van der Waals surface area contributed by atoms with Gasteiger partial charge in [-0.25, -0.2) is 9.97 Å². The number of rotatable bonds is 3. The minimum atomic E-state index is 0.807. The largest absolute Gasteiger partial charge is 0.419 e. The molecule has 0 radical (unpaired) electrons. The van der Waals surface area contributed by atoms with E-state index in [4.69, 9.17) is 4.18 Å². The van der Waals surface area contributed by atoms with Crippen molar-refractivity contribution in [3.63, 3.8) is 0 Å². The van der Waals surface area contributed by atoms with E-state index in [0.29, 0.717) is 0 Å². The molecule has 0 saturated carbocycles. The molecule has 0 unspecified atom stereocenters. The van der Waals surface area contributed by atoms with Crippen molar-refractivity contribution >= 4 is 22.9 Å². The molecule has 0 saturated heterocycles. The summed E-state index contributed by atoms with van der Waals surface area (Å²) in [4.78, 5) is 8.70. The zero-order valence-electron chi connectivity index (χ0n) is 12.2. The molecule has 2 aromatic heterocycles. The lowest BCUT2D eigenvalue weighted by Gasteiger charge is -2.17. The summed E-state index contributed by atoms with van der Waals surface area (Å²) < 4.78 is 7.97. The lowest BCUT2D eigenvalue weighted by Crippen LogP contribution is -2.25. The predicted octanol–water partition coefficient (Wildman–Crippen LogP) is 2.70. The third-order valence-electron chi connectivity index (χ3n) is 3.91. The fraction of sp³-hybridized carbons (Fsp3) is 0.250. The molecule has 1 aliphatic heterocycles. The normalized spacial score (nSPS) is 14.0. The van der Waals surface area contributed by atoms with Crippen LogP contribution in [0.2, 0.25) is 0 Å². The maximum Gasteiger partial charge on any atom is 0.143 e. The molecule has 1 N–H and O–H groups in total. The molecule has 5 nitrogen and oxygen atoms in total. The maximum atomic E-state index is 5.87. The Labute approximate surface area is 132 Å². The minimum Gasteiger partial charge on any atom is -0.419 e. The smallest absolute Gasteiger partial charge is 0.143 e. The molecule has 6 heteroatoms. The monoisotopic (exact) mass is 312 g/mol. The van der Waals surface area contributed by atoms with Gasteiger partial charge in [-0.2, -0.15) is 0 Å². The van der Waals surface area contributed by atoms with Crippen molar-refractivity contribution < 1.29 is 4.18 Å². The van der Waals surface area contributed by atoms with Crippen LogP contribution in [0.1, 0.15) is 11.3 Å². The Kier molecular flexibility index (Phi) is 3.48. The van der Waals surface area contributed by atoms with Gasteiger partial charge < -0.3 is 14.1 Å². The highest BCUT2D eigenvalue weighted by Crippen LogP contribution is 2.29. The molecule has 22 heavy (non-hydrogen) atoms. The summed E-state index contributed by atoms with van der Waals surface area (Å²) in [6.07, 6.45) is 4.60. The number of aromatic nitrogens is 3. The number of aryl methyl sites for hydroxylation is 1. The van der Waals surface area contributed by atoms with Crippen molar-refractivity contribution in [1.82, 2.24) is 19.9 Å². The molecule has 0 bridgehead atoms. The zero-order chi connectivity index (χ0) is 14.9. The fourth-order valence-electron chi connectivity index (χ4n) is 2.72. The van der Waals surface area contributed by atoms with Crippen LogP contribution in [0.5, 0.6) is 5.75 Å². The Hall–Kier alpha value is -2.05. The second-order valence-electron chi connectivity index (χ2n) is 5.34. The van der Waals surface area contributed by atoms with Crippen molar-refractivity contribution in [2.75, 3.05) is 6.54 Å².